The smallest absolute Gasteiger partial charge is 0.327 e. The maximum Gasteiger partial charge on any atom is 0.327 e. The first-order valence-electron chi connectivity index (χ1n) is 14.9. The van der Waals surface area contributed by atoms with Crippen LogP contribution >= 0.6 is 29.2 Å². The van der Waals surface area contributed by atoms with E-state index in [0.29, 0.717) is 65.1 Å². The van der Waals surface area contributed by atoms with Crippen molar-refractivity contribution in [1.82, 2.24) is 0 Å². The van der Waals surface area contributed by atoms with Crippen LogP contribution in [0.2, 0.25) is 0 Å². The standard InChI is InChI=1S/C27H53O13PS2/c1-3-41(30,31)40-15-8-6-4-5-7-10-26(28)12-16-33-18-20-35-37-22-24-39-38-23-21-36-34-19-17-32-14-9-11-27(29)13-25-43-42-2/h3-25H2,1-2H3,(H,30,31). The predicted molar refractivity (Wildman–Crippen MR) is 166 cm³/mol. The van der Waals surface area contributed by atoms with Crippen LogP contribution < -0.4 is 0 Å². The third kappa shape index (κ3) is 34.6. The molecule has 0 radical (unpaired) electrons. The fraction of sp³-hybridized carbons (Fsp3) is 0.926. The number of rotatable bonds is 36. The van der Waals surface area contributed by atoms with Crippen LogP contribution in [0.5, 0.6) is 0 Å². The molecule has 0 heterocycles. The number of hydrogen-bond acceptors (Lipinski definition) is 14. The highest BCUT2D eigenvalue weighted by molar-refractivity contribution is 8.76. The second-order valence-corrected chi connectivity index (χ2v) is 14.0. The largest absolute Gasteiger partial charge is 0.379 e. The van der Waals surface area contributed by atoms with Crippen LogP contribution in [0.15, 0.2) is 0 Å². The van der Waals surface area contributed by atoms with Gasteiger partial charge in [0.2, 0.25) is 0 Å². The highest BCUT2D eigenvalue weighted by atomic mass is 33.1. The number of ketones is 2. The Kier molecular flexibility index (Phi) is 33.1. The molecular formula is C27H53O13PS2. The van der Waals surface area contributed by atoms with Crippen molar-refractivity contribution in [2.24, 2.45) is 0 Å². The van der Waals surface area contributed by atoms with Crippen molar-refractivity contribution in [3.8, 4) is 0 Å². The van der Waals surface area contributed by atoms with E-state index in [1.165, 1.54) is 0 Å². The lowest BCUT2D eigenvalue weighted by molar-refractivity contribution is -0.360. The molecule has 0 aliphatic rings. The molecule has 0 aromatic carbocycles. The van der Waals surface area contributed by atoms with Gasteiger partial charge >= 0.3 is 7.60 Å². The van der Waals surface area contributed by atoms with Gasteiger partial charge in [0.25, 0.3) is 0 Å². The quantitative estimate of drug-likeness (QED) is 0.0305. The van der Waals surface area contributed by atoms with Gasteiger partial charge in [-0.15, -0.1) is 0 Å². The molecule has 0 aliphatic carbocycles. The average Bonchev–Trinajstić information content (AvgIpc) is 2.99. The summed E-state index contributed by atoms with van der Waals surface area (Å²) in [5.74, 6) is 1.29. The minimum absolute atomic E-state index is 0.129. The molecule has 13 nitrogen and oxygen atoms in total. The van der Waals surface area contributed by atoms with E-state index in [0.717, 1.165) is 37.9 Å². The number of Topliss-reactive ketones (excluding diaryl/α,β-unsaturated/α-hetero) is 2. The SMILES string of the molecule is CCP(=O)(O)OCCCCCCCC(=O)CCOCCOOCCOOCCOOCCOCCCC(=O)CCSSC. The van der Waals surface area contributed by atoms with Crippen molar-refractivity contribution >= 4 is 40.8 Å². The number of ether oxygens (including phenoxy) is 2. The summed E-state index contributed by atoms with van der Waals surface area (Å²) in [5.41, 5.74) is 0. The first-order chi connectivity index (χ1) is 20.9. The van der Waals surface area contributed by atoms with Gasteiger partial charge in [0.15, 0.2) is 0 Å². The minimum Gasteiger partial charge on any atom is -0.379 e. The molecule has 0 fully saturated rings. The normalized spacial score (nSPS) is 12.9. The fourth-order valence-electron chi connectivity index (χ4n) is 3.18. The summed E-state index contributed by atoms with van der Waals surface area (Å²) in [6.07, 6.45) is 9.29. The number of hydrogen-bond donors (Lipinski definition) is 1. The van der Waals surface area contributed by atoms with Crippen molar-refractivity contribution in [2.75, 3.05) is 90.8 Å². The van der Waals surface area contributed by atoms with Crippen molar-refractivity contribution in [2.45, 2.75) is 71.1 Å². The summed E-state index contributed by atoms with van der Waals surface area (Å²) in [7, 11) is -0.0160. The van der Waals surface area contributed by atoms with Gasteiger partial charge in [0.1, 0.15) is 51.2 Å². The second kappa shape index (κ2) is 33.2. The first-order valence-corrected chi connectivity index (χ1v) is 19.4. The van der Waals surface area contributed by atoms with E-state index in [2.05, 4.69) is 0 Å². The summed E-state index contributed by atoms with van der Waals surface area (Å²) in [4.78, 5) is 62.5. The van der Waals surface area contributed by atoms with Gasteiger partial charge in [-0.25, -0.2) is 29.3 Å². The average molecular weight is 681 g/mol. The third-order valence-electron chi connectivity index (χ3n) is 5.52. The van der Waals surface area contributed by atoms with Crippen LogP contribution in [0.4, 0.5) is 0 Å². The minimum atomic E-state index is -3.38. The number of carbonyl (C=O) groups is 2. The van der Waals surface area contributed by atoms with Crippen LogP contribution in [-0.4, -0.2) is 107 Å². The molecule has 0 spiro atoms. The van der Waals surface area contributed by atoms with Gasteiger partial charge < -0.3 is 18.9 Å². The van der Waals surface area contributed by atoms with Crippen LogP contribution in [0, 0.1) is 0 Å². The zero-order chi connectivity index (χ0) is 31.7. The van der Waals surface area contributed by atoms with E-state index in [1.54, 1.807) is 28.5 Å². The molecule has 0 aromatic rings. The van der Waals surface area contributed by atoms with E-state index in [-0.39, 0.29) is 57.4 Å². The molecule has 1 unspecified atom stereocenters. The van der Waals surface area contributed by atoms with Gasteiger partial charge in [-0.3, -0.25) is 14.2 Å². The summed E-state index contributed by atoms with van der Waals surface area (Å²) < 4.78 is 27.1. The summed E-state index contributed by atoms with van der Waals surface area (Å²) in [6, 6.07) is 0. The molecule has 0 bridgehead atoms. The van der Waals surface area contributed by atoms with E-state index in [4.69, 9.17) is 43.3 Å². The summed E-state index contributed by atoms with van der Waals surface area (Å²) in [6.45, 7) is 4.68. The van der Waals surface area contributed by atoms with E-state index in [1.807, 2.05) is 6.26 Å². The monoisotopic (exact) mass is 680 g/mol. The molecule has 0 amide bonds. The van der Waals surface area contributed by atoms with Crippen molar-refractivity contribution in [1.29, 1.82) is 0 Å². The Morgan fingerprint density at radius 2 is 1.07 bits per heavy atom. The number of carbonyl (C=O) groups excluding carboxylic acids is 2. The van der Waals surface area contributed by atoms with Gasteiger partial charge in [-0.2, -0.15) is 0 Å². The maximum absolute atomic E-state index is 11.9. The molecule has 16 heteroatoms. The highest BCUT2D eigenvalue weighted by Gasteiger charge is 2.14. The van der Waals surface area contributed by atoms with E-state index >= 15 is 0 Å². The molecule has 1 N–H and O–H groups in total. The van der Waals surface area contributed by atoms with Crippen molar-refractivity contribution in [3.63, 3.8) is 0 Å². The fourth-order valence-corrected chi connectivity index (χ4v) is 5.00. The molecule has 0 saturated heterocycles. The summed E-state index contributed by atoms with van der Waals surface area (Å²) in [5, 5.41) is 0. The van der Waals surface area contributed by atoms with Crippen LogP contribution in [0.3, 0.4) is 0 Å². The van der Waals surface area contributed by atoms with Crippen molar-refractivity contribution in [3.05, 3.63) is 0 Å². The van der Waals surface area contributed by atoms with Gasteiger partial charge in [-0.05, 0) is 25.5 Å². The second-order valence-electron chi connectivity index (χ2n) is 9.13. The Morgan fingerprint density at radius 3 is 1.65 bits per heavy atom. The van der Waals surface area contributed by atoms with Gasteiger partial charge in [-0.1, -0.05) is 47.8 Å². The Hall–Kier alpha value is -0.130. The Morgan fingerprint density at radius 1 is 0.581 bits per heavy atom. The summed E-state index contributed by atoms with van der Waals surface area (Å²) >= 11 is 0. The number of unbranched alkanes of at least 4 members (excludes halogenated alkanes) is 4. The maximum atomic E-state index is 11.9. The van der Waals surface area contributed by atoms with Crippen LogP contribution in [0.1, 0.15) is 71.1 Å². The molecule has 1 atom stereocenters. The van der Waals surface area contributed by atoms with Crippen LogP contribution in [-0.2, 0) is 57.5 Å². The molecule has 256 valence electrons. The molecule has 0 rings (SSSR count). The topological polar surface area (TPSA) is 155 Å². The van der Waals surface area contributed by atoms with Gasteiger partial charge in [0, 0.05) is 44.2 Å². The Bertz CT molecular complexity index is 691. The zero-order valence-electron chi connectivity index (χ0n) is 25.9. The Labute approximate surface area is 264 Å². The van der Waals surface area contributed by atoms with E-state index in [9.17, 15) is 19.0 Å². The molecule has 0 saturated carbocycles. The lowest BCUT2D eigenvalue weighted by Gasteiger charge is -2.09. The Balaban J connectivity index is 3.21. The molecule has 43 heavy (non-hydrogen) atoms. The predicted octanol–water partition coefficient (Wildman–Crippen LogP) is 5.14. The highest BCUT2D eigenvalue weighted by Crippen LogP contribution is 2.41. The lowest BCUT2D eigenvalue weighted by Crippen LogP contribution is -2.12. The zero-order valence-corrected chi connectivity index (χ0v) is 28.4. The van der Waals surface area contributed by atoms with E-state index < -0.39 is 7.60 Å². The lowest BCUT2D eigenvalue weighted by atomic mass is 10.1. The van der Waals surface area contributed by atoms with Crippen molar-refractivity contribution < 1.29 is 62.4 Å². The van der Waals surface area contributed by atoms with Crippen LogP contribution in [0.25, 0.3) is 0 Å². The third-order valence-corrected chi connectivity index (χ3v) is 8.72. The molecule has 0 aromatic heterocycles. The molecule has 0 aliphatic heterocycles. The molecular weight excluding hydrogens is 627 g/mol. The first kappa shape index (κ1) is 42.9. The van der Waals surface area contributed by atoms with Gasteiger partial charge in [0.05, 0.1) is 26.4 Å².